The predicted octanol–water partition coefficient (Wildman–Crippen LogP) is 4.18. The number of ether oxygens (including phenoxy) is 1. The summed E-state index contributed by atoms with van der Waals surface area (Å²) in [4.78, 5) is 2.91. The summed E-state index contributed by atoms with van der Waals surface area (Å²) in [6.07, 6.45) is 2.60. The first-order valence-electron chi connectivity index (χ1n) is 9.49. The van der Waals surface area contributed by atoms with Gasteiger partial charge in [-0.25, -0.2) is 22.2 Å². The second-order valence-electron chi connectivity index (χ2n) is 6.59. The van der Waals surface area contributed by atoms with E-state index in [4.69, 9.17) is 21.4 Å². The molecule has 0 bridgehead atoms. The zero-order valence-corrected chi connectivity index (χ0v) is 19.0. The lowest BCUT2D eigenvalue weighted by atomic mass is 10.1. The molecule has 3 N–H and O–H groups in total. The van der Waals surface area contributed by atoms with Gasteiger partial charge in [-0.3, -0.25) is 4.72 Å². The Morgan fingerprint density at radius 3 is 2.66 bits per heavy atom. The van der Waals surface area contributed by atoms with Crippen LogP contribution in [0.5, 0.6) is 11.5 Å². The van der Waals surface area contributed by atoms with Crippen molar-refractivity contribution < 1.29 is 27.0 Å². The lowest BCUT2D eigenvalue weighted by Crippen LogP contribution is -2.19. The van der Waals surface area contributed by atoms with Crippen LogP contribution in [-0.4, -0.2) is 38.2 Å². The van der Waals surface area contributed by atoms with E-state index >= 15 is 0 Å². The molecule has 0 aliphatic rings. The van der Waals surface area contributed by atoms with E-state index in [1.165, 1.54) is 17.6 Å². The average Bonchev–Trinajstić information content (AvgIpc) is 3.24. The van der Waals surface area contributed by atoms with Crippen LogP contribution in [-0.2, 0) is 16.4 Å². The van der Waals surface area contributed by atoms with Crippen molar-refractivity contribution in [1.82, 2.24) is 10.3 Å². The summed E-state index contributed by atoms with van der Waals surface area (Å²) in [5.41, 5.74) is 0.672. The van der Waals surface area contributed by atoms with E-state index in [0.717, 1.165) is 11.3 Å². The van der Waals surface area contributed by atoms with Crippen molar-refractivity contribution in [3.63, 3.8) is 0 Å². The summed E-state index contributed by atoms with van der Waals surface area (Å²) in [7, 11) is -4.37. The predicted molar refractivity (Wildman–Crippen MR) is 119 cm³/mol. The Morgan fingerprint density at radius 2 is 1.94 bits per heavy atom. The number of rotatable bonds is 11. The number of halogens is 3. The molecule has 0 radical (unpaired) electrons. The summed E-state index contributed by atoms with van der Waals surface area (Å²) in [6.45, 7) is 1.13. The van der Waals surface area contributed by atoms with Crippen LogP contribution in [0.25, 0.3) is 0 Å². The molecule has 0 aliphatic heterocycles. The van der Waals surface area contributed by atoms with Gasteiger partial charge in [-0.2, -0.15) is 0 Å². The van der Waals surface area contributed by atoms with E-state index in [9.17, 15) is 17.2 Å². The van der Waals surface area contributed by atoms with E-state index in [2.05, 4.69) is 15.0 Å². The first-order chi connectivity index (χ1) is 15.3. The Balaban J connectivity index is 1.80. The average molecular weight is 504 g/mol. The maximum absolute atomic E-state index is 14.7. The van der Waals surface area contributed by atoms with Gasteiger partial charge in [-0.15, -0.1) is 11.3 Å². The number of aryl methyl sites for hydroxylation is 1. The van der Waals surface area contributed by atoms with E-state index in [1.807, 2.05) is 0 Å². The van der Waals surface area contributed by atoms with Crippen LogP contribution in [0, 0.1) is 11.6 Å². The standard InChI is InChI=1S/C20H20ClF2N3O4S2/c21-14-3-4-17(13(10-14)2-1-5-24-6-8-27)30-18-11-16(23)19(12-15(18)22)32(28,29)26-20-25-7-9-31-20/h3-4,7,9-12,24,27H,1-2,5-6,8H2,(H,25,26). The fourth-order valence-corrected chi connectivity index (χ4v) is 4.86. The number of sulfonamides is 1. The molecule has 0 saturated heterocycles. The van der Waals surface area contributed by atoms with Crippen molar-refractivity contribution in [3.05, 3.63) is 64.1 Å². The van der Waals surface area contributed by atoms with Crippen LogP contribution in [0.4, 0.5) is 13.9 Å². The lowest BCUT2D eigenvalue weighted by Gasteiger charge is -2.14. The minimum atomic E-state index is -4.37. The molecule has 0 amide bonds. The third-order valence-corrected chi connectivity index (χ3v) is 6.67. The summed E-state index contributed by atoms with van der Waals surface area (Å²) in [5, 5.41) is 13.9. The monoisotopic (exact) mass is 503 g/mol. The van der Waals surface area contributed by atoms with Gasteiger partial charge in [-0.05, 0) is 43.1 Å². The normalized spacial score (nSPS) is 11.5. The molecule has 1 heterocycles. The molecule has 3 aromatic rings. The number of anilines is 1. The van der Waals surface area contributed by atoms with Crippen LogP contribution >= 0.6 is 22.9 Å². The highest BCUT2D eigenvalue weighted by molar-refractivity contribution is 7.93. The summed E-state index contributed by atoms with van der Waals surface area (Å²) < 4.78 is 61.7. The smallest absolute Gasteiger partial charge is 0.266 e. The first kappa shape index (κ1) is 24.3. The zero-order chi connectivity index (χ0) is 23.1. The molecule has 0 aliphatic carbocycles. The van der Waals surface area contributed by atoms with Gasteiger partial charge in [0.15, 0.2) is 16.7 Å². The number of aliphatic hydroxyl groups excluding tert-OH is 1. The highest BCUT2D eigenvalue weighted by atomic mass is 35.5. The third kappa shape index (κ3) is 6.36. The van der Waals surface area contributed by atoms with Crippen molar-refractivity contribution in [3.8, 4) is 11.5 Å². The number of hydrogen-bond donors (Lipinski definition) is 3. The highest BCUT2D eigenvalue weighted by Crippen LogP contribution is 2.33. The van der Waals surface area contributed by atoms with Crippen LogP contribution in [0.15, 0.2) is 46.8 Å². The van der Waals surface area contributed by atoms with Crippen molar-refractivity contribution in [2.24, 2.45) is 0 Å². The molecule has 7 nitrogen and oxygen atoms in total. The number of hydrogen-bond acceptors (Lipinski definition) is 7. The first-order valence-corrected chi connectivity index (χ1v) is 12.2. The SMILES string of the molecule is O=S(=O)(Nc1nccs1)c1cc(F)c(Oc2ccc(Cl)cc2CCCNCCO)cc1F. The topological polar surface area (TPSA) is 101 Å². The number of thiazole rings is 1. The molecule has 3 rings (SSSR count). The molecule has 0 unspecified atom stereocenters. The van der Waals surface area contributed by atoms with Crippen molar-refractivity contribution >= 4 is 38.1 Å². The summed E-state index contributed by atoms with van der Waals surface area (Å²) in [5.74, 6) is -2.41. The van der Waals surface area contributed by atoms with Crippen LogP contribution in [0.1, 0.15) is 12.0 Å². The Labute approximate surface area is 193 Å². The fourth-order valence-electron chi connectivity index (χ4n) is 2.81. The molecule has 0 fully saturated rings. The van der Waals surface area contributed by atoms with Gasteiger partial charge in [0.1, 0.15) is 16.5 Å². The van der Waals surface area contributed by atoms with E-state index in [1.54, 1.807) is 12.1 Å². The highest BCUT2D eigenvalue weighted by Gasteiger charge is 2.24. The molecule has 2 aromatic carbocycles. The fraction of sp³-hybridized carbons (Fsp3) is 0.250. The Kier molecular flexibility index (Phi) is 8.38. The summed E-state index contributed by atoms with van der Waals surface area (Å²) in [6, 6.07) is 6.00. The molecule has 0 saturated carbocycles. The molecular weight excluding hydrogens is 484 g/mol. The van der Waals surface area contributed by atoms with Crippen LogP contribution in [0.2, 0.25) is 5.02 Å². The summed E-state index contributed by atoms with van der Waals surface area (Å²) >= 11 is 7.05. The largest absolute Gasteiger partial charge is 0.454 e. The minimum absolute atomic E-state index is 0.0292. The number of nitrogens with one attached hydrogen (secondary N) is 2. The lowest BCUT2D eigenvalue weighted by molar-refractivity contribution is 0.292. The van der Waals surface area contributed by atoms with Gasteiger partial charge in [-0.1, -0.05) is 11.6 Å². The van der Waals surface area contributed by atoms with Crippen molar-refractivity contribution in [1.29, 1.82) is 0 Å². The number of aliphatic hydroxyl groups is 1. The van der Waals surface area contributed by atoms with E-state index in [-0.39, 0.29) is 17.5 Å². The maximum Gasteiger partial charge on any atom is 0.266 e. The van der Waals surface area contributed by atoms with Gasteiger partial charge < -0.3 is 15.2 Å². The Bertz CT molecular complexity index is 1160. The number of aromatic nitrogens is 1. The maximum atomic E-state index is 14.7. The van der Waals surface area contributed by atoms with Gasteiger partial charge in [0, 0.05) is 35.3 Å². The zero-order valence-electron chi connectivity index (χ0n) is 16.6. The van der Waals surface area contributed by atoms with Crippen molar-refractivity contribution in [2.45, 2.75) is 17.7 Å². The van der Waals surface area contributed by atoms with Gasteiger partial charge in [0.25, 0.3) is 10.0 Å². The Hall–Kier alpha value is -2.31. The second-order valence-corrected chi connectivity index (χ2v) is 9.57. The second kappa shape index (κ2) is 11.0. The number of nitrogens with zero attached hydrogens (tertiary/aromatic N) is 1. The van der Waals surface area contributed by atoms with Crippen LogP contribution < -0.4 is 14.8 Å². The minimum Gasteiger partial charge on any atom is -0.454 e. The molecule has 0 spiro atoms. The van der Waals surface area contributed by atoms with Gasteiger partial charge in [0.05, 0.1) is 6.61 Å². The number of benzene rings is 2. The molecule has 32 heavy (non-hydrogen) atoms. The van der Waals surface area contributed by atoms with Gasteiger partial charge >= 0.3 is 0 Å². The van der Waals surface area contributed by atoms with Crippen LogP contribution in [0.3, 0.4) is 0 Å². The van der Waals surface area contributed by atoms with Gasteiger partial charge in [0.2, 0.25) is 0 Å². The third-order valence-electron chi connectivity index (χ3n) is 4.26. The van der Waals surface area contributed by atoms with E-state index in [0.29, 0.717) is 48.6 Å². The Morgan fingerprint density at radius 1 is 1.12 bits per heavy atom. The quantitative estimate of drug-likeness (QED) is 0.339. The molecule has 12 heteroatoms. The molecule has 1 aromatic heterocycles. The molecule has 172 valence electrons. The van der Waals surface area contributed by atoms with Crippen molar-refractivity contribution in [2.75, 3.05) is 24.4 Å². The van der Waals surface area contributed by atoms with E-state index < -0.39 is 32.3 Å². The molecule has 0 atom stereocenters. The molecular formula is C20H20ClF2N3O4S2.